The zero-order valence-corrected chi connectivity index (χ0v) is 18.0. The van der Waals surface area contributed by atoms with Gasteiger partial charge in [-0.2, -0.15) is 0 Å². The van der Waals surface area contributed by atoms with Gasteiger partial charge in [-0.15, -0.1) is 0 Å². The van der Waals surface area contributed by atoms with E-state index in [-0.39, 0.29) is 30.6 Å². The Kier molecular flexibility index (Phi) is 6.18. The van der Waals surface area contributed by atoms with Crippen molar-refractivity contribution in [3.05, 3.63) is 82.9 Å². The van der Waals surface area contributed by atoms with Gasteiger partial charge < -0.3 is 19.7 Å². The summed E-state index contributed by atoms with van der Waals surface area (Å²) >= 11 is 0. The van der Waals surface area contributed by atoms with Crippen molar-refractivity contribution in [3.8, 4) is 5.75 Å². The third-order valence-electron chi connectivity index (χ3n) is 5.29. The first-order valence-corrected chi connectivity index (χ1v) is 10.5. The van der Waals surface area contributed by atoms with Crippen LogP contribution in [-0.4, -0.2) is 51.2 Å². The maximum absolute atomic E-state index is 13.1. The van der Waals surface area contributed by atoms with Crippen molar-refractivity contribution in [3.63, 3.8) is 0 Å². The van der Waals surface area contributed by atoms with Gasteiger partial charge in [-0.05, 0) is 37.4 Å². The van der Waals surface area contributed by atoms with E-state index in [1.54, 1.807) is 24.3 Å². The van der Waals surface area contributed by atoms with E-state index in [9.17, 15) is 14.7 Å². The molecule has 0 spiro atoms. The molecule has 0 aliphatic heterocycles. The molecule has 1 atom stereocenters. The molecule has 0 radical (unpaired) electrons. The van der Waals surface area contributed by atoms with E-state index >= 15 is 0 Å². The molecule has 4 aromatic rings. The fourth-order valence-electron chi connectivity index (χ4n) is 3.64. The molecule has 1 unspecified atom stereocenters. The van der Waals surface area contributed by atoms with Crippen molar-refractivity contribution in [2.24, 2.45) is 0 Å². The Labute approximate surface area is 185 Å². The van der Waals surface area contributed by atoms with Crippen molar-refractivity contribution >= 4 is 27.6 Å². The zero-order valence-electron chi connectivity index (χ0n) is 18.0. The minimum absolute atomic E-state index is 0.0200. The van der Waals surface area contributed by atoms with Gasteiger partial charge in [-0.3, -0.25) is 9.59 Å². The second kappa shape index (κ2) is 9.20. The van der Waals surface area contributed by atoms with Crippen molar-refractivity contribution < 1.29 is 14.6 Å². The Bertz CT molecular complexity index is 1310. The number of aromatic amines is 1. The predicted octanol–water partition coefficient (Wildman–Crippen LogP) is 3.37. The summed E-state index contributed by atoms with van der Waals surface area (Å²) in [6, 6.07) is 20.2. The molecule has 7 heteroatoms. The average molecular weight is 431 g/mol. The number of nitrogens with one attached hydrogen (secondary N) is 1. The minimum atomic E-state index is -0.924. The van der Waals surface area contributed by atoms with E-state index in [0.29, 0.717) is 16.7 Å². The van der Waals surface area contributed by atoms with Gasteiger partial charge in [0.2, 0.25) is 0 Å². The number of aromatic nitrogens is 2. The summed E-state index contributed by atoms with van der Waals surface area (Å²) in [5, 5.41) is 13.0. The van der Waals surface area contributed by atoms with Crippen LogP contribution in [-0.2, 0) is 0 Å². The van der Waals surface area contributed by atoms with Gasteiger partial charge in [0.25, 0.3) is 11.5 Å². The maximum Gasteiger partial charge on any atom is 0.290 e. The van der Waals surface area contributed by atoms with Crippen LogP contribution in [0.4, 0.5) is 0 Å². The molecule has 1 aromatic heterocycles. The molecule has 0 aliphatic carbocycles. The fourth-order valence-corrected chi connectivity index (χ4v) is 3.64. The second-order valence-corrected chi connectivity index (χ2v) is 7.93. The van der Waals surface area contributed by atoms with Gasteiger partial charge in [0.1, 0.15) is 18.5 Å². The molecule has 1 heterocycles. The lowest BCUT2D eigenvalue weighted by Gasteiger charge is -2.28. The number of carbonyl (C=O) groups excluding carboxylic acids is 1. The molecule has 32 heavy (non-hydrogen) atoms. The molecule has 3 aromatic carbocycles. The molecular weight excluding hydrogens is 406 g/mol. The number of ether oxygens (including phenoxy) is 1. The van der Waals surface area contributed by atoms with Gasteiger partial charge in [0.15, 0.2) is 5.82 Å². The first kappa shape index (κ1) is 21.5. The lowest BCUT2D eigenvalue weighted by atomic mass is 10.1. The lowest BCUT2D eigenvalue weighted by molar-refractivity contribution is 0.0420. The van der Waals surface area contributed by atoms with Gasteiger partial charge in [-0.1, -0.05) is 48.5 Å². The molecule has 0 fully saturated rings. The molecule has 1 amide bonds. The van der Waals surface area contributed by atoms with E-state index in [4.69, 9.17) is 4.74 Å². The highest BCUT2D eigenvalue weighted by Gasteiger charge is 2.24. The number of hydrogen-bond acceptors (Lipinski definition) is 5. The van der Waals surface area contributed by atoms with Crippen LogP contribution in [0.5, 0.6) is 5.75 Å². The number of amides is 1. The summed E-state index contributed by atoms with van der Waals surface area (Å²) in [6.45, 7) is 3.74. The Hall–Kier alpha value is -3.71. The molecule has 0 saturated carbocycles. The minimum Gasteiger partial charge on any atom is -0.490 e. The van der Waals surface area contributed by atoms with E-state index < -0.39 is 12.0 Å². The summed E-state index contributed by atoms with van der Waals surface area (Å²) in [7, 11) is 0. The highest BCUT2D eigenvalue weighted by molar-refractivity contribution is 5.93. The van der Waals surface area contributed by atoms with Crippen LogP contribution in [0, 0.1) is 0 Å². The van der Waals surface area contributed by atoms with Gasteiger partial charge in [0, 0.05) is 11.4 Å². The number of hydrogen-bond donors (Lipinski definition) is 2. The molecule has 7 nitrogen and oxygen atoms in total. The smallest absolute Gasteiger partial charge is 0.290 e. The molecule has 4 rings (SSSR count). The second-order valence-electron chi connectivity index (χ2n) is 7.93. The lowest BCUT2D eigenvalue weighted by Crippen LogP contribution is -2.44. The largest absolute Gasteiger partial charge is 0.490 e. The number of fused-ring (bicyclic) bond motifs is 2. The number of H-pyrrole nitrogens is 1. The van der Waals surface area contributed by atoms with Crippen LogP contribution in [0.25, 0.3) is 21.7 Å². The van der Waals surface area contributed by atoms with Crippen LogP contribution in [0.15, 0.2) is 71.5 Å². The van der Waals surface area contributed by atoms with E-state index in [1.807, 2.05) is 56.3 Å². The Balaban J connectivity index is 1.49. The summed E-state index contributed by atoms with van der Waals surface area (Å²) in [4.78, 5) is 33.8. The zero-order chi connectivity index (χ0) is 22.7. The number of nitrogens with zero attached hydrogens (tertiary/aromatic N) is 2. The predicted molar refractivity (Wildman–Crippen MR) is 124 cm³/mol. The monoisotopic (exact) mass is 431 g/mol. The van der Waals surface area contributed by atoms with Gasteiger partial charge in [0.05, 0.1) is 17.4 Å². The fraction of sp³-hybridized carbons (Fsp3) is 0.240. The molecular formula is C25H25N3O4. The van der Waals surface area contributed by atoms with Crippen LogP contribution >= 0.6 is 0 Å². The van der Waals surface area contributed by atoms with Crippen molar-refractivity contribution in [1.29, 1.82) is 0 Å². The number of carbonyl (C=O) groups is 1. The van der Waals surface area contributed by atoms with Crippen LogP contribution in [0.3, 0.4) is 0 Å². The number of aliphatic hydroxyl groups is 1. The highest BCUT2D eigenvalue weighted by Crippen LogP contribution is 2.25. The summed E-state index contributed by atoms with van der Waals surface area (Å²) in [5.74, 6) is 0.168. The summed E-state index contributed by atoms with van der Waals surface area (Å²) in [6.07, 6.45) is -0.924. The quantitative estimate of drug-likeness (QED) is 0.468. The normalized spacial score (nSPS) is 12.2. The number of rotatable bonds is 7. The number of aliphatic hydroxyl groups excluding tert-OH is 1. The number of para-hydroxylation sites is 1. The SMILES string of the molecule is CC(C)N(CC(O)COc1cccc2ccccc12)C(=O)c1nc2ccccc2c(=O)[nH]1. The molecule has 0 bridgehead atoms. The molecule has 164 valence electrons. The number of benzene rings is 3. The highest BCUT2D eigenvalue weighted by atomic mass is 16.5. The van der Waals surface area contributed by atoms with Crippen LogP contribution in [0.1, 0.15) is 24.5 Å². The summed E-state index contributed by atoms with van der Waals surface area (Å²) < 4.78 is 5.86. The van der Waals surface area contributed by atoms with Gasteiger partial charge >= 0.3 is 0 Å². The van der Waals surface area contributed by atoms with Crippen molar-refractivity contribution in [2.45, 2.75) is 26.0 Å². The first-order valence-electron chi connectivity index (χ1n) is 10.5. The third kappa shape index (κ3) is 4.48. The van der Waals surface area contributed by atoms with E-state index in [1.165, 1.54) is 4.90 Å². The van der Waals surface area contributed by atoms with Crippen molar-refractivity contribution in [2.75, 3.05) is 13.2 Å². The molecule has 0 saturated heterocycles. The Morgan fingerprint density at radius 3 is 2.50 bits per heavy atom. The first-order chi connectivity index (χ1) is 15.4. The Morgan fingerprint density at radius 1 is 1.03 bits per heavy atom. The van der Waals surface area contributed by atoms with Gasteiger partial charge in [-0.25, -0.2) is 4.98 Å². The Morgan fingerprint density at radius 2 is 1.72 bits per heavy atom. The van der Waals surface area contributed by atoms with Crippen LogP contribution in [0.2, 0.25) is 0 Å². The summed E-state index contributed by atoms with van der Waals surface area (Å²) in [5.41, 5.74) is 0.0747. The van der Waals surface area contributed by atoms with E-state index in [2.05, 4.69) is 9.97 Å². The molecule has 2 N–H and O–H groups in total. The molecule has 0 aliphatic rings. The topological polar surface area (TPSA) is 95.5 Å². The van der Waals surface area contributed by atoms with E-state index in [0.717, 1.165) is 10.8 Å². The third-order valence-corrected chi connectivity index (χ3v) is 5.29. The standard InChI is InChI=1S/C25H25N3O4/c1-16(2)28(25(31)23-26-21-12-6-5-11-20(21)24(30)27-23)14-18(29)15-32-22-13-7-9-17-8-3-4-10-19(17)22/h3-13,16,18,29H,14-15H2,1-2H3,(H,26,27,30). The van der Waals surface area contributed by atoms with Crippen LogP contribution < -0.4 is 10.3 Å². The average Bonchev–Trinajstić information content (AvgIpc) is 2.80. The maximum atomic E-state index is 13.1. The van der Waals surface area contributed by atoms with Crippen molar-refractivity contribution in [1.82, 2.24) is 14.9 Å².